The van der Waals surface area contributed by atoms with Crippen LogP contribution in [0.2, 0.25) is 0 Å². The summed E-state index contributed by atoms with van der Waals surface area (Å²) < 4.78 is 6.99. The van der Waals surface area contributed by atoms with E-state index in [1.165, 1.54) is 16.2 Å². The van der Waals surface area contributed by atoms with E-state index in [4.69, 9.17) is 9.97 Å². The zero-order valence-corrected chi connectivity index (χ0v) is 30.7. The zero-order chi connectivity index (χ0) is 37.5. The summed E-state index contributed by atoms with van der Waals surface area (Å²) in [6.07, 6.45) is 3.87. The Bertz CT molecular complexity index is 3450. The van der Waals surface area contributed by atoms with Crippen molar-refractivity contribution in [3.63, 3.8) is 0 Å². The maximum Gasteiger partial charge on any atom is 0.235 e. The molecule has 0 spiro atoms. The third-order valence-electron chi connectivity index (χ3n) is 11.3. The van der Waals surface area contributed by atoms with E-state index in [0.717, 1.165) is 83.1 Å². The van der Waals surface area contributed by atoms with E-state index in [1.54, 1.807) is 0 Å². The maximum atomic E-state index is 5.28. The quantitative estimate of drug-likeness (QED) is 0.177. The Labute approximate surface area is 327 Å². The second kappa shape index (κ2) is 12.3. The lowest BCUT2D eigenvalue weighted by molar-refractivity contribution is 0.996. The smallest absolute Gasteiger partial charge is 0.235 e. The molecule has 0 unspecified atom stereocenters. The molecule has 0 aliphatic rings. The van der Waals surface area contributed by atoms with Gasteiger partial charge in [-0.1, -0.05) is 115 Å². The van der Waals surface area contributed by atoms with Gasteiger partial charge in [0, 0.05) is 67.2 Å². The fourth-order valence-electron chi connectivity index (χ4n) is 8.91. The number of fused-ring (bicyclic) bond motifs is 10. The molecule has 0 fully saturated rings. The zero-order valence-electron chi connectivity index (χ0n) is 30.7. The topological polar surface area (TPSA) is 53.5 Å². The molecule has 5 heterocycles. The van der Waals surface area contributed by atoms with Gasteiger partial charge in [-0.25, -0.2) is 9.97 Å². The molecule has 266 valence electrons. The fraction of sp³-hybridized carbons (Fsp3) is 0. The van der Waals surface area contributed by atoms with Crippen LogP contribution in [-0.2, 0) is 0 Å². The standard InChI is InChI=1S/C51H32N6/c1-4-14-33(15-5-1)41-31-42(34-16-6-2-7-17-34)54-51(53-41)57-44-23-13-11-21-38(44)50-48(57)27-26-47-49(50)37-20-10-12-22-43(37)56(47)36-24-25-45-39(30-36)40-32-52-29-28-46(40)55(45)35-18-8-3-9-19-35/h1-32H. The molecule has 0 aliphatic carbocycles. The van der Waals surface area contributed by atoms with Gasteiger partial charge >= 0.3 is 0 Å². The van der Waals surface area contributed by atoms with Crippen molar-refractivity contribution in [3.05, 3.63) is 194 Å². The molecule has 6 nitrogen and oxygen atoms in total. The lowest BCUT2D eigenvalue weighted by Gasteiger charge is -2.12. The number of hydrogen-bond acceptors (Lipinski definition) is 3. The molecule has 12 aromatic rings. The third kappa shape index (κ3) is 4.74. The maximum absolute atomic E-state index is 5.28. The highest BCUT2D eigenvalue weighted by molar-refractivity contribution is 6.29. The Hall–Kier alpha value is -7.83. The Morgan fingerprint density at radius 2 is 0.825 bits per heavy atom. The Balaban J connectivity index is 1.14. The normalized spacial score (nSPS) is 11.9. The number of benzene rings is 7. The first-order valence-electron chi connectivity index (χ1n) is 19.2. The average molecular weight is 729 g/mol. The number of nitrogens with zero attached hydrogens (tertiary/aromatic N) is 6. The average Bonchev–Trinajstić information content (AvgIpc) is 3.92. The summed E-state index contributed by atoms with van der Waals surface area (Å²) >= 11 is 0. The van der Waals surface area contributed by atoms with Crippen molar-refractivity contribution >= 4 is 65.4 Å². The van der Waals surface area contributed by atoms with Crippen molar-refractivity contribution in [2.75, 3.05) is 0 Å². The molecule has 0 atom stereocenters. The molecule has 0 aliphatic heterocycles. The van der Waals surface area contributed by atoms with Gasteiger partial charge in [-0.2, -0.15) is 0 Å². The van der Waals surface area contributed by atoms with Gasteiger partial charge in [-0.15, -0.1) is 0 Å². The summed E-state index contributed by atoms with van der Waals surface area (Å²) in [5.41, 5.74) is 12.8. The lowest BCUT2D eigenvalue weighted by atomic mass is 10.1. The first kappa shape index (κ1) is 31.5. The van der Waals surface area contributed by atoms with Crippen molar-refractivity contribution in [1.29, 1.82) is 0 Å². The van der Waals surface area contributed by atoms with Crippen LogP contribution in [-0.4, -0.2) is 28.7 Å². The van der Waals surface area contributed by atoms with Crippen LogP contribution in [0.5, 0.6) is 0 Å². The van der Waals surface area contributed by atoms with Crippen LogP contribution in [0.4, 0.5) is 0 Å². The number of pyridine rings is 1. The van der Waals surface area contributed by atoms with Crippen molar-refractivity contribution in [3.8, 4) is 39.8 Å². The number of rotatable bonds is 5. The van der Waals surface area contributed by atoms with Gasteiger partial charge in [-0.05, 0) is 66.7 Å². The second-order valence-electron chi connectivity index (χ2n) is 14.5. The molecule has 0 radical (unpaired) electrons. The van der Waals surface area contributed by atoms with Gasteiger partial charge in [-0.3, -0.25) is 9.55 Å². The van der Waals surface area contributed by atoms with Crippen molar-refractivity contribution < 1.29 is 0 Å². The third-order valence-corrected chi connectivity index (χ3v) is 11.3. The SMILES string of the molecule is c1ccc(-c2cc(-c3ccccc3)nc(-n3c4ccccc4c4c5c6ccccc6n(-c6ccc7c(c6)c6cnccc6n7-c6ccccc6)c5ccc43)n2)cc1. The minimum Gasteiger partial charge on any atom is -0.309 e. The van der Waals surface area contributed by atoms with Crippen LogP contribution in [0, 0.1) is 0 Å². The molecule has 0 bridgehead atoms. The molecule has 12 rings (SSSR count). The number of aromatic nitrogens is 6. The van der Waals surface area contributed by atoms with Gasteiger partial charge in [0.25, 0.3) is 0 Å². The minimum absolute atomic E-state index is 0.637. The molecule has 57 heavy (non-hydrogen) atoms. The van der Waals surface area contributed by atoms with E-state index in [0.29, 0.717) is 5.95 Å². The van der Waals surface area contributed by atoms with Crippen LogP contribution >= 0.6 is 0 Å². The molecular formula is C51H32N6. The van der Waals surface area contributed by atoms with E-state index in [-0.39, 0.29) is 0 Å². The van der Waals surface area contributed by atoms with Crippen molar-refractivity contribution in [2.24, 2.45) is 0 Å². The summed E-state index contributed by atoms with van der Waals surface area (Å²) in [6, 6.07) is 64.3. The van der Waals surface area contributed by atoms with E-state index in [1.807, 2.05) is 24.5 Å². The van der Waals surface area contributed by atoms with Crippen LogP contribution in [0.1, 0.15) is 0 Å². The predicted octanol–water partition coefficient (Wildman–Crippen LogP) is 12.5. The molecular weight excluding hydrogens is 697 g/mol. The van der Waals surface area contributed by atoms with Crippen LogP contribution in [0.25, 0.3) is 105 Å². The van der Waals surface area contributed by atoms with E-state index >= 15 is 0 Å². The van der Waals surface area contributed by atoms with Crippen LogP contribution in [0.15, 0.2) is 194 Å². The first-order chi connectivity index (χ1) is 28.3. The lowest BCUT2D eigenvalue weighted by Crippen LogP contribution is -2.04. The first-order valence-corrected chi connectivity index (χ1v) is 19.2. The molecule has 5 aromatic heterocycles. The van der Waals surface area contributed by atoms with Gasteiger partial charge < -0.3 is 9.13 Å². The van der Waals surface area contributed by atoms with E-state index < -0.39 is 0 Å². The highest BCUT2D eigenvalue weighted by atomic mass is 15.2. The number of hydrogen-bond donors (Lipinski definition) is 0. The molecule has 6 heteroatoms. The summed E-state index contributed by atoms with van der Waals surface area (Å²) in [4.78, 5) is 15.1. The number of para-hydroxylation sites is 3. The fourth-order valence-corrected chi connectivity index (χ4v) is 8.91. The molecule has 7 aromatic carbocycles. The Morgan fingerprint density at radius 1 is 0.333 bits per heavy atom. The van der Waals surface area contributed by atoms with E-state index in [2.05, 4.69) is 189 Å². The summed E-state index contributed by atoms with van der Waals surface area (Å²) in [6.45, 7) is 0. The van der Waals surface area contributed by atoms with Gasteiger partial charge in [0.15, 0.2) is 0 Å². The monoisotopic (exact) mass is 728 g/mol. The van der Waals surface area contributed by atoms with Crippen molar-refractivity contribution in [2.45, 2.75) is 0 Å². The van der Waals surface area contributed by atoms with Gasteiger partial charge in [0.1, 0.15) is 0 Å². The predicted molar refractivity (Wildman–Crippen MR) is 234 cm³/mol. The largest absolute Gasteiger partial charge is 0.309 e. The Morgan fingerprint density at radius 3 is 1.47 bits per heavy atom. The Kier molecular flexibility index (Phi) is 6.83. The minimum atomic E-state index is 0.637. The van der Waals surface area contributed by atoms with Crippen LogP contribution in [0.3, 0.4) is 0 Å². The van der Waals surface area contributed by atoms with Gasteiger partial charge in [0.2, 0.25) is 5.95 Å². The molecule has 0 saturated heterocycles. The highest BCUT2D eigenvalue weighted by Crippen LogP contribution is 2.43. The summed E-state index contributed by atoms with van der Waals surface area (Å²) in [7, 11) is 0. The molecule has 0 N–H and O–H groups in total. The molecule has 0 amide bonds. The summed E-state index contributed by atoms with van der Waals surface area (Å²) in [5.74, 6) is 0.637. The highest BCUT2D eigenvalue weighted by Gasteiger charge is 2.23. The van der Waals surface area contributed by atoms with Gasteiger partial charge in [0.05, 0.1) is 44.5 Å². The summed E-state index contributed by atoms with van der Waals surface area (Å²) in [5, 5.41) is 7.01. The molecule has 0 saturated carbocycles. The van der Waals surface area contributed by atoms with E-state index in [9.17, 15) is 0 Å². The van der Waals surface area contributed by atoms with Crippen LogP contribution < -0.4 is 0 Å². The van der Waals surface area contributed by atoms with Crippen molar-refractivity contribution in [1.82, 2.24) is 28.7 Å². The second-order valence-corrected chi connectivity index (χ2v) is 14.5.